The molecule has 48 heavy (non-hydrogen) atoms. The summed E-state index contributed by atoms with van der Waals surface area (Å²) in [5, 5.41) is 24.7. The van der Waals surface area contributed by atoms with Gasteiger partial charge in [0.1, 0.15) is 0 Å². The molecule has 0 radical (unpaired) electrons. The molecule has 0 bridgehead atoms. The van der Waals surface area contributed by atoms with Crippen molar-refractivity contribution in [2.24, 2.45) is 0 Å². The normalized spacial score (nSPS) is 11.3. The Morgan fingerprint density at radius 2 is 1.00 bits per heavy atom. The third-order valence-corrected chi connectivity index (χ3v) is 9.39. The fourth-order valence-electron chi connectivity index (χ4n) is 7.27. The van der Waals surface area contributed by atoms with Crippen LogP contribution in [0.1, 0.15) is 11.1 Å². The summed E-state index contributed by atoms with van der Waals surface area (Å²) in [6.45, 7) is 0. The number of rotatable bonds is 4. The summed E-state index contributed by atoms with van der Waals surface area (Å²) in [5.74, 6) is 0. The van der Waals surface area contributed by atoms with Gasteiger partial charge < -0.3 is 9.13 Å². The topological polar surface area (TPSA) is 57.4 Å². The number of nitrogens with zero attached hydrogens (tertiary/aromatic N) is 4. The first-order chi connectivity index (χ1) is 23.7. The Hall–Kier alpha value is -6.88. The first-order valence-corrected chi connectivity index (χ1v) is 15.9. The quantitative estimate of drug-likeness (QED) is 0.199. The predicted octanol–water partition coefficient (Wildman–Crippen LogP) is 11.0. The zero-order chi connectivity index (χ0) is 32.2. The van der Waals surface area contributed by atoms with Gasteiger partial charge >= 0.3 is 0 Å². The first-order valence-electron chi connectivity index (χ1n) is 15.9. The summed E-state index contributed by atoms with van der Waals surface area (Å²) in [4.78, 5) is 0. The molecule has 9 aromatic rings. The van der Waals surface area contributed by atoms with Crippen molar-refractivity contribution >= 4 is 43.6 Å². The van der Waals surface area contributed by atoms with Crippen molar-refractivity contribution < 1.29 is 0 Å². The van der Waals surface area contributed by atoms with E-state index in [-0.39, 0.29) is 0 Å². The predicted molar refractivity (Wildman–Crippen MR) is 195 cm³/mol. The molecule has 0 aliphatic heterocycles. The van der Waals surface area contributed by atoms with Crippen LogP contribution in [0.15, 0.2) is 158 Å². The lowest BCUT2D eigenvalue weighted by Gasteiger charge is -2.16. The Bertz CT molecular complexity index is 2760. The van der Waals surface area contributed by atoms with Crippen LogP contribution in [0.4, 0.5) is 0 Å². The fourth-order valence-corrected chi connectivity index (χ4v) is 7.27. The van der Waals surface area contributed by atoms with Crippen molar-refractivity contribution in [3.8, 4) is 45.8 Å². The van der Waals surface area contributed by atoms with E-state index in [1.54, 1.807) is 0 Å². The molecule has 4 heteroatoms. The first kappa shape index (κ1) is 27.4. The highest BCUT2D eigenvalue weighted by molar-refractivity contribution is 6.11. The van der Waals surface area contributed by atoms with Gasteiger partial charge in [0, 0.05) is 38.4 Å². The van der Waals surface area contributed by atoms with Crippen LogP contribution in [-0.4, -0.2) is 9.13 Å². The van der Waals surface area contributed by atoms with Crippen LogP contribution in [0, 0.1) is 22.7 Å². The van der Waals surface area contributed by atoms with Gasteiger partial charge in [-0.05, 0) is 71.8 Å². The van der Waals surface area contributed by atoms with Gasteiger partial charge in [-0.3, -0.25) is 0 Å². The smallest absolute Gasteiger partial charge is 0.0998 e. The molecule has 9 rings (SSSR count). The summed E-state index contributed by atoms with van der Waals surface area (Å²) in [6.07, 6.45) is 0. The SMILES string of the molecule is N#Cc1ccc2c3ccccc3n(-c3ccccc3-c3ccc(C#N)c(-c4cccc(-n5c6ccccc6c6ccccc65)c4)c3)c2c1. The molecule has 0 atom stereocenters. The van der Waals surface area contributed by atoms with Crippen LogP contribution in [0.3, 0.4) is 0 Å². The number of benzene rings is 7. The van der Waals surface area contributed by atoms with E-state index < -0.39 is 0 Å². The molecule has 7 aromatic carbocycles. The zero-order valence-corrected chi connectivity index (χ0v) is 25.8. The minimum absolute atomic E-state index is 0.617. The lowest BCUT2D eigenvalue weighted by molar-refractivity contribution is 1.18. The zero-order valence-electron chi connectivity index (χ0n) is 25.8. The van der Waals surface area contributed by atoms with Crippen molar-refractivity contribution in [3.63, 3.8) is 0 Å². The molecular weight excluding hydrogens is 585 g/mol. The van der Waals surface area contributed by atoms with Gasteiger partial charge in [-0.25, -0.2) is 0 Å². The molecule has 0 aliphatic rings. The monoisotopic (exact) mass is 610 g/mol. The lowest BCUT2D eigenvalue weighted by Crippen LogP contribution is -1.98. The molecule has 0 fully saturated rings. The van der Waals surface area contributed by atoms with E-state index in [0.29, 0.717) is 11.1 Å². The van der Waals surface area contributed by atoms with Crippen molar-refractivity contribution in [1.29, 1.82) is 10.5 Å². The van der Waals surface area contributed by atoms with E-state index >= 15 is 0 Å². The van der Waals surface area contributed by atoms with Gasteiger partial charge in [0.2, 0.25) is 0 Å². The van der Waals surface area contributed by atoms with E-state index in [1.807, 2.05) is 42.5 Å². The molecule has 0 spiro atoms. The Kier molecular flexibility index (Phi) is 6.22. The molecule has 0 unspecified atom stereocenters. The highest BCUT2D eigenvalue weighted by atomic mass is 15.0. The van der Waals surface area contributed by atoms with E-state index in [1.165, 1.54) is 10.8 Å². The molecule has 0 amide bonds. The van der Waals surface area contributed by atoms with E-state index in [4.69, 9.17) is 0 Å². The third-order valence-electron chi connectivity index (χ3n) is 9.39. The summed E-state index contributed by atoms with van der Waals surface area (Å²) in [5.41, 5.74) is 11.5. The van der Waals surface area contributed by atoms with Crippen molar-refractivity contribution in [1.82, 2.24) is 9.13 Å². The van der Waals surface area contributed by atoms with Crippen molar-refractivity contribution in [2.45, 2.75) is 0 Å². The Morgan fingerprint density at radius 3 is 1.69 bits per heavy atom. The molecule has 0 N–H and O–H groups in total. The molecule has 4 nitrogen and oxygen atoms in total. The molecule has 222 valence electrons. The van der Waals surface area contributed by atoms with Gasteiger partial charge in [0.15, 0.2) is 0 Å². The molecule has 2 aromatic heterocycles. The number of para-hydroxylation sites is 4. The molecule has 0 aliphatic carbocycles. The van der Waals surface area contributed by atoms with Crippen LogP contribution < -0.4 is 0 Å². The Morgan fingerprint density at radius 1 is 0.396 bits per heavy atom. The second-order valence-electron chi connectivity index (χ2n) is 12.0. The lowest BCUT2D eigenvalue weighted by atomic mass is 9.94. The second-order valence-corrected chi connectivity index (χ2v) is 12.0. The van der Waals surface area contributed by atoms with Crippen molar-refractivity contribution in [2.75, 3.05) is 0 Å². The van der Waals surface area contributed by atoms with Gasteiger partial charge in [-0.1, -0.05) is 97.1 Å². The van der Waals surface area contributed by atoms with Crippen LogP contribution in [0.5, 0.6) is 0 Å². The largest absolute Gasteiger partial charge is 0.309 e. The van der Waals surface area contributed by atoms with Crippen LogP contribution in [0.25, 0.3) is 77.2 Å². The van der Waals surface area contributed by atoms with Crippen LogP contribution >= 0.6 is 0 Å². The second kappa shape index (κ2) is 10.9. The van der Waals surface area contributed by atoms with Gasteiger partial charge in [-0.2, -0.15) is 10.5 Å². The number of fused-ring (bicyclic) bond motifs is 6. The average Bonchev–Trinajstić information content (AvgIpc) is 3.67. The summed E-state index contributed by atoms with van der Waals surface area (Å²) >= 11 is 0. The molecule has 2 heterocycles. The number of aromatic nitrogens is 2. The Labute approximate surface area is 277 Å². The summed E-state index contributed by atoms with van der Waals surface area (Å²) in [6, 6.07) is 58.9. The van der Waals surface area contributed by atoms with Crippen LogP contribution in [-0.2, 0) is 0 Å². The van der Waals surface area contributed by atoms with Gasteiger partial charge in [-0.15, -0.1) is 0 Å². The maximum atomic E-state index is 10.3. The fraction of sp³-hybridized carbons (Fsp3) is 0. The third kappa shape index (κ3) is 4.14. The minimum atomic E-state index is 0.617. The van der Waals surface area contributed by atoms with E-state index in [2.05, 4.69) is 137 Å². The summed E-state index contributed by atoms with van der Waals surface area (Å²) in [7, 11) is 0. The number of hydrogen-bond donors (Lipinski definition) is 0. The number of hydrogen-bond acceptors (Lipinski definition) is 2. The summed E-state index contributed by atoms with van der Waals surface area (Å²) < 4.78 is 4.55. The van der Waals surface area contributed by atoms with E-state index in [9.17, 15) is 10.5 Å². The minimum Gasteiger partial charge on any atom is -0.309 e. The maximum Gasteiger partial charge on any atom is 0.0998 e. The van der Waals surface area contributed by atoms with Gasteiger partial charge in [0.05, 0.1) is 51.0 Å². The standard InChI is InChI=1S/C44H26N4/c45-27-29-20-23-38-37-15-4-8-19-43(37)48(44(38)24-29)40-16-5-1-12-34(40)31-21-22-32(28-46)39(26-31)30-10-9-11-33(25-30)47-41-17-6-2-13-35(41)36-14-3-7-18-42(36)47/h1-26H. The highest BCUT2D eigenvalue weighted by Gasteiger charge is 2.18. The molecular formula is C44H26N4. The van der Waals surface area contributed by atoms with Gasteiger partial charge in [0.25, 0.3) is 0 Å². The number of nitriles is 2. The van der Waals surface area contributed by atoms with Crippen molar-refractivity contribution in [3.05, 3.63) is 169 Å². The highest BCUT2D eigenvalue weighted by Crippen LogP contribution is 2.39. The van der Waals surface area contributed by atoms with E-state index in [0.717, 1.165) is 66.5 Å². The van der Waals surface area contributed by atoms with Crippen LogP contribution in [0.2, 0.25) is 0 Å². The molecule has 0 saturated heterocycles. The average molecular weight is 611 g/mol. The Balaban J connectivity index is 1.24. The maximum absolute atomic E-state index is 10.3. The molecule has 0 saturated carbocycles.